The monoisotopic (exact) mass is 921 g/mol. The van der Waals surface area contributed by atoms with Gasteiger partial charge >= 0.3 is 0 Å². The van der Waals surface area contributed by atoms with E-state index < -0.39 is 20.2 Å². The van der Waals surface area contributed by atoms with Crippen molar-refractivity contribution >= 4 is 60.0 Å². The molecule has 0 aromatic heterocycles. The normalized spacial score (nSPS) is 12.5. The van der Waals surface area contributed by atoms with Gasteiger partial charge in [-0.1, -0.05) is 48.5 Å². The van der Waals surface area contributed by atoms with E-state index in [0.29, 0.717) is 32.8 Å². The Morgan fingerprint density at radius 1 is 0.591 bits per heavy atom. The molecule has 0 bridgehead atoms. The average molecular weight is 922 g/mol. The second-order valence-corrected chi connectivity index (χ2v) is 18.4. The van der Waals surface area contributed by atoms with Gasteiger partial charge in [0.05, 0.1) is 16.4 Å². The first kappa shape index (κ1) is 47.2. The molecule has 1 aliphatic carbocycles. The Morgan fingerprint density at radius 3 is 1.61 bits per heavy atom. The predicted octanol–water partition coefficient (Wildman–Crippen LogP) is 10.4. The fraction of sp³-hybridized carbons (Fsp3) is 0.189. The lowest BCUT2D eigenvalue weighted by atomic mass is 9.90. The molecule has 11 nitrogen and oxygen atoms in total. The molecule has 0 aliphatic heterocycles. The summed E-state index contributed by atoms with van der Waals surface area (Å²) in [6, 6.07) is 45.4. The Balaban J connectivity index is 1.17. The minimum Gasteiger partial charge on any atom is -0.744 e. The van der Waals surface area contributed by atoms with Gasteiger partial charge in [0.1, 0.15) is 32.5 Å². The van der Waals surface area contributed by atoms with Gasteiger partial charge < -0.3 is 29.0 Å². The molecule has 0 spiro atoms. The molecular formula is C53H53N4O7S2-. The van der Waals surface area contributed by atoms with Crippen LogP contribution in [0.3, 0.4) is 0 Å². The summed E-state index contributed by atoms with van der Waals surface area (Å²) < 4.78 is 77.8. The molecule has 0 fully saturated rings. The maximum atomic E-state index is 11.7. The van der Waals surface area contributed by atoms with Crippen molar-refractivity contribution in [3.05, 3.63) is 198 Å². The molecule has 66 heavy (non-hydrogen) atoms. The van der Waals surface area contributed by atoms with E-state index in [2.05, 4.69) is 124 Å². The highest BCUT2D eigenvalue weighted by Gasteiger charge is 2.18. The number of rotatable bonds is 18. The van der Waals surface area contributed by atoms with Gasteiger partial charge in [0, 0.05) is 65.8 Å². The lowest BCUT2D eigenvalue weighted by Gasteiger charge is -2.27. The number of nitrogens with one attached hydrogen (secondary N) is 1. The molecule has 0 saturated carbocycles. The van der Waals surface area contributed by atoms with E-state index in [0.717, 1.165) is 79.8 Å². The lowest BCUT2D eigenvalue weighted by molar-refractivity contribution is -0.539. The summed E-state index contributed by atoms with van der Waals surface area (Å²) in [6.07, 6.45) is 8.35. The minimum atomic E-state index is -4.57. The summed E-state index contributed by atoms with van der Waals surface area (Å²) in [5, 5.41) is 3.49. The van der Waals surface area contributed by atoms with Crippen molar-refractivity contribution in [2.75, 3.05) is 41.4 Å². The first-order valence-electron chi connectivity index (χ1n) is 21.9. The average Bonchev–Trinajstić information content (AvgIpc) is 3.32. The van der Waals surface area contributed by atoms with Crippen LogP contribution in [0.25, 0.3) is 5.57 Å². The molecule has 0 unspecified atom stereocenters. The van der Waals surface area contributed by atoms with Crippen LogP contribution in [0, 0.1) is 0 Å². The van der Waals surface area contributed by atoms with E-state index in [4.69, 9.17) is 4.74 Å². The molecule has 6 aromatic carbocycles. The summed E-state index contributed by atoms with van der Waals surface area (Å²) in [4.78, 5) is 3.89. The quantitative estimate of drug-likeness (QED) is 0.0653. The molecule has 1 aliphatic rings. The van der Waals surface area contributed by atoms with Crippen LogP contribution in [0.4, 0.5) is 28.4 Å². The fourth-order valence-corrected chi connectivity index (χ4v) is 9.09. The first-order valence-corrected chi connectivity index (χ1v) is 24.7. The molecule has 0 amide bonds. The van der Waals surface area contributed by atoms with Crippen LogP contribution in [-0.2, 0) is 33.3 Å². The van der Waals surface area contributed by atoms with Gasteiger partial charge in [-0.2, -0.15) is 0 Å². The molecule has 0 heterocycles. The van der Waals surface area contributed by atoms with E-state index in [9.17, 15) is 25.9 Å². The Morgan fingerprint density at radius 2 is 1.09 bits per heavy atom. The molecule has 7 rings (SSSR count). The molecule has 0 atom stereocenters. The van der Waals surface area contributed by atoms with Crippen LogP contribution < -0.4 is 19.9 Å². The molecule has 340 valence electrons. The van der Waals surface area contributed by atoms with Gasteiger partial charge in [-0.3, -0.25) is 0 Å². The molecular weight excluding hydrogens is 869 g/mol. The lowest BCUT2D eigenvalue weighted by Crippen LogP contribution is -2.22. The Kier molecular flexibility index (Phi) is 15.0. The first-order chi connectivity index (χ1) is 31.8. The van der Waals surface area contributed by atoms with E-state index in [1.165, 1.54) is 24.3 Å². The van der Waals surface area contributed by atoms with Gasteiger partial charge in [-0.25, -0.2) is 21.4 Å². The molecule has 13 heteroatoms. The third-order valence-corrected chi connectivity index (χ3v) is 13.0. The van der Waals surface area contributed by atoms with E-state index in [-0.39, 0.29) is 9.79 Å². The number of hydrogen-bond donors (Lipinski definition) is 1. The molecule has 1 N–H and O–H groups in total. The van der Waals surface area contributed by atoms with Crippen molar-refractivity contribution in [3.8, 4) is 5.75 Å². The summed E-state index contributed by atoms with van der Waals surface area (Å²) in [5.74, 6) is 0.819. The fourth-order valence-electron chi connectivity index (χ4n) is 8.00. The Labute approximate surface area is 388 Å². The summed E-state index contributed by atoms with van der Waals surface area (Å²) in [6.45, 7) is 11.7. The van der Waals surface area contributed by atoms with Gasteiger partial charge in [0.2, 0.25) is 0 Å². The Hall–Kier alpha value is -6.77. The Bertz CT molecular complexity index is 2980. The third-order valence-electron chi connectivity index (χ3n) is 11.3. The molecule has 0 radical (unpaired) electrons. The van der Waals surface area contributed by atoms with Gasteiger partial charge in [0.15, 0.2) is 12.3 Å². The van der Waals surface area contributed by atoms with Crippen molar-refractivity contribution in [1.82, 2.24) is 0 Å². The van der Waals surface area contributed by atoms with Crippen LogP contribution in [-0.4, -0.2) is 62.5 Å². The van der Waals surface area contributed by atoms with Crippen molar-refractivity contribution in [3.63, 3.8) is 0 Å². The number of allylic oxidation sites excluding steroid dienone is 5. The van der Waals surface area contributed by atoms with Crippen LogP contribution in [0.2, 0.25) is 0 Å². The second kappa shape index (κ2) is 21.0. The van der Waals surface area contributed by atoms with Gasteiger partial charge in [-0.05, 0) is 165 Å². The van der Waals surface area contributed by atoms with Crippen LogP contribution in [0.1, 0.15) is 49.9 Å². The SMILES string of the molecule is CCOc1ccc(Nc2ccc(C(=C3C=CC(=[N+](CC)Cc4cccc(S(=O)(=O)[O-])c4)C=C3)c3ccc(N(CC)c4ccc(N(CC)Cc5cccc(S(=O)(=O)[O-])c5)cc4)cc3)cc2)cc1. The van der Waals surface area contributed by atoms with Crippen LogP contribution in [0.15, 0.2) is 185 Å². The smallest absolute Gasteiger partial charge is 0.200 e. The standard InChI is InChI=1S/C53H54N4O7S2/c1-5-55(37-39-11-9-13-51(35-39)65(58,59)60)46-25-17-42(18-26-46)53(41-15-21-44(22-16-41)54-45-23-33-50(34-24-45)64-8-4)43-19-27-48(28-20-43)57(7-3)49-31-29-47(30-32-49)56(6-2)38-40-12-10-14-52(36-40)66(61,62)63/h9-36H,5-8,37-38H2,1-4H3,(H2,58,59,60,61,62,63)/p-1. The number of ether oxygens (including phenoxy) is 1. The van der Waals surface area contributed by atoms with E-state index >= 15 is 0 Å². The topological polar surface area (TPSA) is 145 Å². The maximum absolute atomic E-state index is 11.7. The van der Waals surface area contributed by atoms with Crippen molar-refractivity contribution in [2.24, 2.45) is 0 Å². The zero-order valence-electron chi connectivity index (χ0n) is 37.4. The number of benzene rings is 6. The highest BCUT2D eigenvalue weighted by atomic mass is 32.2. The van der Waals surface area contributed by atoms with Gasteiger partial charge in [0.25, 0.3) is 0 Å². The van der Waals surface area contributed by atoms with Crippen molar-refractivity contribution in [2.45, 2.75) is 50.6 Å². The summed E-state index contributed by atoms with van der Waals surface area (Å²) in [7, 11) is -9.12. The van der Waals surface area contributed by atoms with Crippen LogP contribution in [0.5, 0.6) is 5.75 Å². The maximum Gasteiger partial charge on any atom is 0.200 e. The number of hydrogen-bond acceptors (Lipinski definition) is 10. The number of nitrogens with zero attached hydrogens (tertiary/aromatic N) is 3. The minimum absolute atomic E-state index is 0.232. The largest absolute Gasteiger partial charge is 0.744 e. The van der Waals surface area contributed by atoms with Crippen molar-refractivity contribution < 1.29 is 35.3 Å². The zero-order valence-corrected chi connectivity index (χ0v) is 39.1. The zero-order chi connectivity index (χ0) is 46.8. The molecule has 0 saturated heterocycles. The molecule has 6 aromatic rings. The third kappa shape index (κ3) is 11.7. The van der Waals surface area contributed by atoms with Crippen molar-refractivity contribution in [1.29, 1.82) is 0 Å². The van der Waals surface area contributed by atoms with Crippen LogP contribution >= 0.6 is 0 Å². The summed E-state index contributed by atoms with van der Waals surface area (Å²) in [5.41, 5.74) is 11.4. The van der Waals surface area contributed by atoms with E-state index in [1.807, 2.05) is 57.2 Å². The number of anilines is 5. The van der Waals surface area contributed by atoms with E-state index in [1.54, 1.807) is 12.1 Å². The highest BCUT2D eigenvalue weighted by Crippen LogP contribution is 2.34. The van der Waals surface area contributed by atoms with Gasteiger partial charge in [-0.15, -0.1) is 0 Å². The summed E-state index contributed by atoms with van der Waals surface area (Å²) >= 11 is 0. The second-order valence-electron chi connectivity index (χ2n) is 15.6. The predicted molar refractivity (Wildman–Crippen MR) is 262 cm³/mol. The highest BCUT2D eigenvalue weighted by molar-refractivity contribution is 7.86.